The molecular weight excluding hydrogens is 518 g/mol. The lowest BCUT2D eigenvalue weighted by Crippen LogP contribution is -2.74. The lowest BCUT2D eigenvalue weighted by molar-refractivity contribution is -0.181. The maximum Gasteiger partial charge on any atom is 0.343 e. The summed E-state index contributed by atoms with van der Waals surface area (Å²) in [4.78, 5) is 49.6. The number of likely N-dealkylation sites (tertiary alicyclic amines) is 1. The van der Waals surface area contributed by atoms with Crippen molar-refractivity contribution in [3.63, 3.8) is 0 Å². The number of Topliss-reactive ketones (excluding diaryl/α,β-unsaturated/α-hetero) is 1. The number of ketones is 1. The first-order valence-electron chi connectivity index (χ1n) is 12.5. The van der Waals surface area contributed by atoms with Gasteiger partial charge in [0.2, 0.25) is 0 Å². The summed E-state index contributed by atoms with van der Waals surface area (Å²) >= 11 is 0. The van der Waals surface area contributed by atoms with Crippen molar-refractivity contribution in [2.24, 2.45) is 0 Å². The Morgan fingerprint density at radius 1 is 1.18 bits per heavy atom. The molecule has 1 aromatic carbocycles. The quantitative estimate of drug-likeness (QED) is 0.246. The molecule has 39 heavy (non-hydrogen) atoms. The Bertz CT molecular complexity index is 1290. The highest BCUT2D eigenvalue weighted by Crippen LogP contribution is 2.65. The van der Waals surface area contributed by atoms with Crippen molar-refractivity contribution in [1.82, 2.24) is 4.90 Å². The number of carboxylic acids is 1. The number of phenols is 1. The second-order valence-corrected chi connectivity index (χ2v) is 10.5. The van der Waals surface area contributed by atoms with E-state index in [0.717, 1.165) is 12.5 Å². The Labute approximate surface area is 222 Å². The molecule has 1 saturated heterocycles. The molecule has 2 heterocycles. The monoisotopic (exact) mass is 547 g/mol. The zero-order chi connectivity index (χ0) is 28.4. The van der Waals surface area contributed by atoms with E-state index >= 15 is 0 Å². The lowest BCUT2D eigenvalue weighted by atomic mass is 9.50. The highest BCUT2D eigenvalue weighted by atomic mass is 16.6. The van der Waals surface area contributed by atoms with Gasteiger partial charge < -0.3 is 44.6 Å². The van der Waals surface area contributed by atoms with Gasteiger partial charge in [-0.05, 0) is 51.1 Å². The van der Waals surface area contributed by atoms with E-state index in [9.17, 15) is 39.6 Å². The number of likely N-dealkylation sites (N-methyl/N-ethyl adjacent to an activating group) is 1. The average molecular weight is 548 g/mol. The summed E-state index contributed by atoms with van der Waals surface area (Å²) in [7, 11) is 1.91. The van der Waals surface area contributed by atoms with E-state index in [2.05, 4.69) is 9.64 Å². The first-order valence-corrected chi connectivity index (χ1v) is 12.5. The number of esters is 2. The van der Waals surface area contributed by atoms with E-state index in [1.807, 2.05) is 7.05 Å². The van der Waals surface area contributed by atoms with Crippen molar-refractivity contribution < 1.29 is 58.9 Å². The predicted molar refractivity (Wildman–Crippen MR) is 128 cm³/mol. The molecule has 5 rings (SSSR count). The third kappa shape index (κ3) is 3.91. The van der Waals surface area contributed by atoms with Crippen molar-refractivity contribution in [3.8, 4) is 11.5 Å². The highest BCUT2D eigenvalue weighted by molar-refractivity contribution is 5.90. The number of nitrogens with zero attached hydrogens (tertiary/aromatic N) is 1. The van der Waals surface area contributed by atoms with Crippen LogP contribution in [0.3, 0.4) is 0 Å². The standard InChI is InChI=1S/C26H29NO12/c1-11(28)15(10-17(30)31)38-24(35)20(33)19(32)23(34)37-14-5-6-26(36)16-9-12-3-4-13(29)21-18(12)25(26,22(14)39-21)7-8-27(16)2/h3-5,15-16,19-20,22,29,32-33,36H,6-10H2,1-2H3,(H,30,31)/t15-,16+,19+,20+,22-,25-,26+/m0/s1. The molecule has 2 bridgehead atoms. The van der Waals surface area contributed by atoms with Gasteiger partial charge in [0.15, 0.2) is 41.7 Å². The third-order valence-corrected chi connectivity index (χ3v) is 8.43. The van der Waals surface area contributed by atoms with Crippen molar-refractivity contribution in [1.29, 1.82) is 0 Å². The van der Waals surface area contributed by atoms with Gasteiger partial charge in [-0.1, -0.05) is 6.07 Å². The number of benzene rings is 1. The summed E-state index contributed by atoms with van der Waals surface area (Å²) in [5.74, 6) is -5.29. The van der Waals surface area contributed by atoms with Crippen molar-refractivity contribution in [2.45, 2.75) is 74.1 Å². The molecule has 13 nitrogen and oxygen atoms in total. The molecule has 5 N–H and O–H groups in total. The number of aliphatic carboxylic acids is 1. The molecule has 13 heteroatoms. The Kier molecular flexibility index (Phi) is 6.45. The van der Waals surface area contributed by atoms with E-state index in [1.54, 1.807) is 6.07 Å². The molecule has 0 radical (unpaired) electrons. The van der Waals surface area contributed by atoms with E-state index in [4.69, 9.17) is 14.6 Å². The first-order chi connectivity index (χ1) is 18.3. The van der Waals surface area contributed by atoms with Crippen LogP contribution < -0.4 is 4.74 Å². The number of phenolic OH excluding ortho intramolecular Hbond substituents is 1. The largest absolute Gasteiger partial charge is 0.504 e. The average Bonchev–Trinajstić information content (AvgIpc) is 3.23. The van der Waals surface area contributed by atoms with Crippen LogP contribution in [0.5, 0.6) is 11.5 Å². The summed E-state index contributed by atoms with van der Waals surface area (Å²) in [5.41, 5.74) is -0.845. The Hall–Kier alpha value is -3.52. The van der Waals surface area contributed by atoms with Crippen LogP contribution in [0, 0.1) is 0 Å². The Balaban J connectivity index is 1.39. The molecule has 4 aliphatic rings. The number of piperidine rings is 1. The summed E-state index contributed by atoms with van der Waals surface area (Å²) in [6.07, 6.45) is -6.11. The van der Waals surface area contributed by atoms with Gasteiger partial charge >= 0.3 is 17.9 Å². The van der Waals surface area contributed by atoms with E-state index in [-0.39, 0.29) is 29.7 Å². The minimum absolute atomic E-state index is 0.0647. The molecule has 210 valence electrons. The van der Waals surface area contributed by atoms with Gasteiger partial charge in [-0.25, -0.2) is 9.59 Å². The van der Waals surface area contributed by atoms with Gasteiger partial charge in [0.05, 0.1) is 17.4 Å². The molecule has 0 amide bonds. The van der Waals surface area contributed by atoms with E-state index in [0.29, 0.717) is 24.9 Å². The Morgan fingerprint density at radius 3 is 2.54 bits per heavy atom. The number of hydrogen-bond acceptors (Lipinski definition) is 12. The van der Waals surface area contributed by atoms with Crippen LogP contribution in [0.25, 0.3) is 0 Å². The maximum atomic E-state index is 12.8. The maximum absolute atomic E-state index is 12.8. The molecule has 7 atom stereocenters. The lowest BCUT2D eigenvalue weighted by Gasteiger charge is -2.61. The fraction of sp³-hybridized carbons (Fsp3) is 0.538. The van der Waals surface area contributed by atoms with Crippen molar-refractivity contribution in [3.05, 3.63) is 35.1 Å². The minimum Gasteiger partial charge on any atom is -0.504 e. The number of aliphatic hydroxyl groups is 3. The number of aromatic hydroxyl groups is 1. The number of carbonyl (C=O) groups is 4. The van der Waals surface area contributed by atoms with Crippen molar-refractivity contribution in [2.75, 3.05) is 13.6 Å². The second-order valence-electron chi connectivity index (χ2n) is 10.5. The number of aliphatic hydroxyl groups excluding tert-OH is 2. The zero-order valence-corrected chi connectivity index (χ0v) is 21.2. The smallest absolute Gasteiger partial charge is 0.343 e. The van der Waals surface area contributed by atoms with Crippen LogP contribution in [-0.2, 0) is 40.5 Å². The van der Waals surface area contributed by atoms with Crippen LogP contribution in [0.4, 0.5) is 0 Å². The van der Waals surface area contributed by atoms with Gasteiger partial charge in [0.25, 0.3) is 0 Å². The predicted octanol–water partition coefficient (Wildman–Crippen LogP) is -1.09. The number of carbonyl (C=O) groups excluding carboxylic acids is 3. The van der Waals surface area contributed by atoms with Crippen LogP contribution in [0.1, 0.15) is 37.3 Å². The first kappa shape index (κ1) is 27.1. The van der Waals surface area contributed by atoms with Gasteiger partial charge in [-0.3, -0.25) is 9.59 Å². The fourth-order valence-corrected chi connectivity index (χ4v) is 6.51. The molecule has 2 aliphatic carbocycles. The van der Waals surface area contributed by atoms with Crippen LogP contribution in [0.15, 0.2) is 24.0 Å². The molecule has 1 fully saturated rings. The van der Waals surface area contributed by atoms with Gasteiger partial charge in [-0.15, -0.1) is 0 Å². The summed E-state index contributed by atoms with van der Waals surface area (Å²) in [5, 5.41) is 52.1. The number of hydrogen-bond donors (Lipinski definition) is 5. The molecule has 1 spiro atoms. The van der Waals surface area contributed by atoms with Crippen LogP contribution >= 0.6 is 0 Å². The number of ether oxygens (including phenoxy) is 3. The van der Waals surface area contributed by atoms with Crippen molar-refractivity contribution >= 4 is 23.7 Å². The molecule has 1 aromatic rings. The number of carboxylic acid groups (broad SMARTS) is 1. The third-order valence-electron chi connectivity index (χ3n) is 8.43. The molecule has 0 aromatic heterocycles. The highest BCUT2D eigenvalue weighted by Gasteiger charge is 2.72. The van der Waals surface area contributed by atoms with E-state index in [1.165, 1.54) is 12.1 Å². The topological polar surface area (TPSA) is 200 Å². The molecule has 2 aliphatic heterocycles. The van der Waals surface area contributed by atoms with Gasteiger partial charge in [-0.2, -0.15) is 0 Å². The summed E-state index contributed by atoms with van der Waals surface area (Å²) in [6, 6.07) is 3.00. The van der Waals surface area contributed by atoms with Gasteiger partial charge in [0, 0.05) is 18.0 Å². The normalized spacial score (nSPS) is 30.6. The van der Waals surface area contributed by atoms with Crippen LogP contribution in [0.2, 0.25) is 0 Å². The molecule has 0 saturated carbocycles. The molecular formula is C26H29NO12. The SMILES string of the molecule is CC(=O)[C@H](CC(=O)O)OC(=O)[C@H](O)[C@@H](O)C(=O)OC1=CC[C@@]2(O)[C@H]3Cc4ccc(O)c5c4[C@@]2(CCN3C)[C@H]1O5. The fourth-order valence-electron chi connectivity index (χ4n) is 6.51. The Morgan fingerprint density at radius 2 is 1.87 bits per heavy atom. The van der Waals surface area contributed by atoms with Crippen LogP contribution in [-0.4, -0.2) is 104 Å². The van der Waals surface area contributed by atoms with Gasteiger partial charge in [0.1, 0.15) is 5.76 Å². The minimum atomic E-state index is -2.48. The molecule has 0 unspecified atom stereocenters. The zero-order valence-electron chi connectivity index (χ0n) is 21.2. The number of rotatable bonds is 8. The summed E-state index contributed by atoms with van der Waals surface area (Å²) < 4.78 is 16.2. The van der Waals surface area contributed by atoms with E-state index < -0.39 is 65.5 Å². The second kappa shape index (κ2) is 9.30. The summed E-state index contributed by atoms with van der Waals surface area (Å²) in [6.45, 7) is 1.57.